The van der Waals surface area contributed by atoms with Crippen molar-refractivity contribution in [3.8, 4) is 0 Å². The van der Waals surface area contributed by atoms with Gasteiger partial charge >= 0.3 is 5.97 Å². The smallest absolute Gasteiger partial charge is 0.335 e. The van der Waals surface area contributed by atoms with Gasteiger partial charge in [-0.25, -0.2) is 4.79 Å². The van der Waals surface area contributed by atoms with E-state index in [1.165, 1.54) is 0 Å². The van der Waals surface area contributed by atoms with Gasteiger partial charge in [0, 0.05) is 4.70 Å². The molecule has 1 aromatic carbocycles. The standard InChI is InChI=1S/C11H10O4S/c12-9(10(13)11(14)15)7-1-2-8-6(5-7)3-4-16-8/h1-5,9-10,12-13H,(H,14,15). The van der Waals surface area contributed by atoms with Gasteiger partial charge in [-0.1, -0.05) is 6.07 Å². The van der Waals surface area contributed by atoms with E-state index in [0.29, 0.717) is 5.56 Å². The number of aliphatic hydroxyl groups excluding tert-OH is 2. The van der Waals surface area contributed by atoms with Crippen molar-refractivity contribution < 1.29 is 20.1 Å². The van der Waals surface area contributed by atoms with Crippen molar-refractivity contribution in [2.24, 2.45) is 0 Å². The summed E-state index contributed by atoms with van der Waals surface area (Å²) in [5, 5.41) is 30.3. The van der Waals surface area contributed by atoms with Crippen molar-refractivity contribution in [1.82, 2.24) is 0 Å². The molecule has 84 valence electrons. The summed E-state index contributed by atoms with van der Waals surface area (Å²) in [6, 6.07) is 6.98. The van der Waals surface area contributed by atoms with Crippen LogP contribution >= 0.6 is 11.3 Å². The van der Waals surface area contributed by atoms with Crippen LogP contribution in [0.2, 0.25) is 0 Å². The SMILES string of the molecule is O=C(O)C(O)C(O)c1ccc2sccc2c1. The number of carbonyl (C=O) groups is 1. The molecule has 0 aliphatic carbocycles. The van der Waals surface area contributed by atoms with E-state index in [4.69, 9.17) is 5.11 Å². The Hall–Kier alpha value is -1.43. The lowest BCUT2D eigenvalue weighted by molar-refractivity contribution is -0.153. The average Bonchev–Trinajstić information content (AvgIpc) is 2.73. The normalized spacial score (nSPS) is 14.9. The Morgan fingerprint density at radius 1 is 1.25 bits per heavy atom. The van der Waals surface area contributed by atoms with Crippen LogP contribution in [0.25, 0.3) is 10.1 Å². The minimum Gasteiger partial charge on any atom is -0.479 e. The number of benzene rings is 1. The second-order valence-corrected chi connectivity index (χ2v) is 4.39. The van der Waals surface area contributed by atoms with Gasteiger partial charge in [-0.2, -0.15) is 0 Å². The Labute approximate surface area is 95.4 Å². The molecule has 1 aromatic heterocycles. The summed E-state index contributed by atoms with van der Waals surface area (Å²) in [5.74, 6) is -1.43. The first-order valence-corrected chi connectivity index (χ1v) is 5.53. The molecule has 2 atom stereocenters. The number of thiophene rings is 1. The maximum absolute atomic E-state index is 10.5. The van der Waals surface area contributed by atoms with E-state index in [1.54, 1.807) is 29.5 Å². The molecule has 5 heteroatoms. The molecule has 16 heavy (non-hydrogen) atoms. The fourth-order valence-electron chi connectivity index (χ4n) is 1.49. The number of carboxylic acids is 1. The molecule has 2 unspecified atom stereocenters. The molecule has 3 N–H and O–H groups in total. The van der Waals surface area contributed by atoms with Gasteiger partial charge < -0.3 is 15.3 Å². The van der Waals surface area contributed by atoms with Crippen LogP contribution in [-0.4, -0.2) is 27.4 Å². The third-order valence-electron chi connectivity index (χ3n) is 2.37. The van der Waals surface area contributed by atoms with Crippen molar-refractivity contribution in [1.29, 1.82) is 0 Å². The molecule has 0 saturated heterocycles. The lowest BCUT2D eigenvalue weighted by Gasteiger charge is -2.14. The molecular formula is C11H10O4S. The first-order chi connectivity index (χ1) is 7.59. The Morgan fingerprint density at radius 2 is 2.00 bits per heavy atom. The Morgan fingerprint density at radius 3 is 2.69 bits per heavy atom. The van der Waals surface area contributed by atoms with Crippen molar-refractivity contribution in [3.63, 3.8) is 0 Å². The molecule has 4 nitrogen and oxygen atoms in total. The number of rotatable bonds is 3. The summed E-state index contributed by atoms with van der Waals surface area (Å²) < 4.78 is 1.06. The van der Waals surface area contributed by atoms with Crippen LogP contribution in [0.1, 0.15) is 11.7 Å². The Balaban J connectivity index is 2.35. The fraction of sp³-hybridized carbons (Fsp3) is 0.182. The molecule has 0 amide bonds. The van der Waals surface area contributed by atoms with E-state index >= 15 is 0 Å². The molecule has 0 aliphatic heterocycles. The largest absolute Gasteiger partial charge is 0.479 e. The zero-order valence-corrected chi connectivity index (χ0v) is 9.02. The molecule has 2 rings (SSSR count). The molecule has 0 fully saturated rings. The maximum atomic E-state index is 10.5. The Bertz CT molecular complexity index is 519. The van der Waals surface area contributed by atoms with Gasteiger partial charge in [-0.3, -0.25) is 0 Å². The number of hydrogen-bond donors (Lipinski definition) is 3. The van der Waals surface area contributed by atoms with Gasteiger partial charge in [-0.05, 0) is 34.5 Å². The second kappa shape index (κ2) is 4.21. The summed E-state index contributed by atoms with van der Waals surface area (Å²) in [7, 11) is 0. The summed E-state index contributed by atoms with van der Waals surface area (Å²) in [6.45, 7) is 0. The van der Waals surface area contributed by atoms with E-state index in [9.17, 15) is 15.0 Å². The molecule has 0 radical (unpaired) electrons. The zero-order chi connectivity index (χ0) is 11.7. The summed E-state index contributed by atoms with van der Waals surface area (Å²) >= 11 is 1.56. The molecule has 0 bridgehead atoms. The third-order valence-corrected chi connectivity index (χ3v) is 3.27. The van der Waals surface area contributed by atoms with E-state index < -0.39 is 18.2 Å². The number of aliphatic hydroxyl groups is 2. The van der Waals surface area contributed by atoms with Gasteiger partial charge in [0.05, 0.1) is 0 Å². The van der Waals surface area contributed by atoms with Gasteiger partial charge in [-0.15, -0.1) is 11.3 Å². The molecule has 1 heterocycles. The number of hydrogen-bond acceptors (Lipinski definition) is 4. The van der Waals surface area contributed by atoms with E-state index in [0.717, 1.165) is 10.1 Å². The highest BCUT2D eigenvalue weighted by Gasteiger charge is 2.25. The van der Waals surface area contributed by atoms with Gasteiger partial charge in [0.2, 0.25) is 0 Å². The predicted octanol–water partition coefficient (Wildman–Crippen LogP) is 1.38. The first-order valence-electron chi connectivity index (χ1n) is 4.65. The van der Waals surface area contributed by atoms with Gasteiger partial charge in [0.1, 0.15) is 6.10 Å². The minimum absolute atomic E-state index is 0.404. The highest BCUT2D eigenvalue weighted by Crippen LogP contribution is 2.26. The predicted molar refractivity (Wildman–Crippen MR) is 60.4 cm³/mol. The Kier molecular flexibility index (Phi) is 2.91. The van der Waals surface area contributed by atoms with Crippen LogP contribution in [0.3, 0.4) is 0 Å². The number of fused-ring (bicyclic) bond motifs is 1. The molecular weight excluding hydrogens is 228 g/mol. The van der Waals surface area contributed by atoms with Gasteiger partial charge in [0.25, 0.3) is 0 Å². The fourth-order valence-corrected chi connectivity index (χ4v) is 2.26. The zero-order valence-electron chi connectivity index (χ0n) is 8.20. The van der Waals surface area contributed by atoms with E-state index in [1.807, 2.05) is 11.4 Å². The number of carboxylic acid groups (broad SMARTS) is 1. The van der Waals surface area contributed by atoms with Crippen molar-refractivity contribution in [2.75, 3.05) is 0 Å². The highest BCUT2D eigenvalue weighted by molar-refractivity contribution is 7.17. The summed E-state index contributed by atoms with van der Waals surface area (Å²) in [4.78, 5) is 10.5. The van der Waals surface area contributed by atoms with Crippen LogP contribution < -0.4 is 0 Å². The van der Waals surface area contributed by atoms with Crippen molar-refractivity contribution in [2.45, 2.75) is 12.2 Å². The summed E-state index contributed by atoms with van der Waals surface area (Å²) in [6.07, 6.45) is -3.20. The van der Waals surface area contributed by atoms with Crippen LogP contribution in [0, 0.1) is 0 Å². The maximum Gasteiger partial charge on any atom is 0.335 e. The molecule has 0 saturated carbocycles. The lowest BCUT2D eigenvalue weighted by Crippen LogP contribution is -2.27. The molecule has 2 aromatic rings. The topological polar surface area (TPSA) is 77.8 Å². The monoisotopic (exact) mass is 238 g/mol. The van der Waals surface area contributed by atoms with Crippen LogP contribution in [0.15, 0.2) is 29.6 Å². The average molecular weight is 238 g/mol. The van der Waals surface area contributed by atoms with E-state index in [-0.39, 0.29) is 0 Å². The third kappa shape index (κ3) is 1.92. The first kappa shape index (κ1) is 11.1. The van der Waals surface area contributed by atoms with Crippen molar-refractivity contribution in [3.05, 3.63) is 35.2 Å². The van der Waals surface area contributed by atoms with E-state index in [2.05, 4.69) is 0 Å². The number of aliphatic carboxylic acids is 1. The lowest BCUT2D eigenvalue weighted by atomic mass is 10.0. The minimum atomic E-state index is -1.80. The van der Waals surface area contributed by atoms with Crippen LogP contribution in [-0.2, 0) is 4.79 Å². The van der Waals surface area contributed by atoms with Crippen molar-refractivity contribution >= 4 is 27.4 Å². The molecule has 0 spiro atoms. The highest BCUT2D eigenvalue weighted by atomic mass is 32.1. The van der Waals surface area contributed by atoms with Gasteiger partial charge in [0.15, 0.2) is 6.10 Å². The molecule has 0 aliphatic rings. The summed E-state index contributed by atoms with van der Waals surface area (Å²) in [5.41, 5.74) is 0.404. The van der Waals surface area contributed by atoms with Crippen LogP contribution in [0.5, 0.6) is 0 Å². The quantitative estimate of drug-likeness (QED) is 0.755. The van der Waals surface area contributed by atoms with Crippen LogP contribution in [0.4, 0.5) is 0 Å². The second-order valence-electron chi connectivity index (χ2n) is 3.45.